The van der Waals surface area contributed by atoms with Gasteiger partial charge in [-0.1, -0.05) is 20.8 Å². The summed E-state index contributed by atoms with van der Waals surface area (Å²) < 4.78 is 5.55. The van der Waals surface area contributed by atoms with Crippen LogP contribution in [0, 0.1) is 41.4 Å². The van der Waals surface area contributed by atoms with Gasteiger partial charge in [-0.25, -0.2) is 0 Å². The van der Waals surface area contributed by atoms with Gasteiger partial charge in [0.05, 0.1) is 5.60 Å². The summed E-state index contributed by atoms with van der Waals surface area (Å²) >= 11 is 0. The summed E-state index contributed by atoms with van der Waals surface area (Å²) in [6.45, 7) is 10.3. The Bertz CT molecular complexity index is 414. The largest absolute Gasteiger partial charge is 0.462 e. The van der Waals surface area contributed by atoms with Crippen molar-refractivity contribution in [1.82, 2.24) is 0 Å². The van der Waals surface area contributed by atoms with Crippen molar-refractivity contribution in [3.8, 4) is 0 Å². The third-order valence-corrected chi connectivity index (χ3v) is 6.27. The smallest absolute Gasteiger partial charge is 0.302 e. The average Bonchev–Trinajstić information content (AvgIpc) is 2.87. The minimum atomic E-state index is -0.680. The molecule has 0 aromatic carbocycles. The van der Waals surface area contributed by atoms with Gasteiger partial charge < -0.3 is 9.84 Å². The zero-order valence-corrected chi connectivity index (χ0v) is 13.3. The summed E-state index contributed by atoms with van der Waals surface area (Å²) in [5.74, 6) is 3.88. The topological polar surface area (TPSA) is 46.5 Å². The molecule has 1 N–H and O–H groups in total. The van der Waals surface area contributed by atoms with E-state index in [1.807, 2.05) is 6.92 Å². The Labute approximate surface area is 122 Å². The lowest BCUT2D eigenvalue weighted by molar-refractivity contribution is -0.157. The number of carbonyl (C=O) groups excluding carboxylic acids is 1. The van der Waals surface area contributed by atoms with E-state index in [9.17, 15) is 9.90 Å². The Balaban J connectivity index is 1.88. The van der Waals surface area contributed by atoms with Crippen LogP contribution in [0.3, 0.4) is 0 Å². The van der Waals surface area contributed by atoms with Crippen molar-refractivity contribution in [2.75, 3.05) is 0 Å². The number of hydrogen-bond donors (Lipinski definition) is 1. The number of ether oxygens (including phenoxy) is 1. The molecule has 20 heavy (non-hydrogen) atoms. The normalized spacial score (nSPS) is 53.5. The molecule has 3 saturated carbocycles. The predicted molar refractivity (Wildman–Crippen MR) is 76.9 cm³/mol. The summed E-state index contributed by atoms with van der Waals surface area (Å²) in [6, 6.07) is 0. The lowest BCUT2D eigenvalue weighted by atomic mass is 9.69. The Morgan fingerprint density at radius 1 is 1.35 bits per heavy atom. The van der Waals surface area contributed by atoms with Crippen molar-refractivity contribution in [2.45, 2.75) is 59.2 Å². The van der Waals surface area contributed by atoms with E-state index >= 15 is 0 Å². The highest BCUT2D eigenvalue weighted by molar-refractivity contribution is 5.66. The summed E-state index contributed by atoms with van der Waals surface area (Å²) in [4.78, 5) is 11.4. The van der Waals surface area contributed by atoms with Crippen LogP contribution in [-0.4, -0.2) is 22.8 Å². The Morgan fingerprint density at radius 3 is 2.55 bits per heavy atom. The molecule has 0 saturated heterocycles. The monoisotopic (exact) mass is 280 g/mol. The van der Waals surface area contributed by atoms with Crippen LogP contribution in [-0.2, 0) is 9.53 Å². The van der Waals surface area contributed by atoms with Crippen LogP contribution >= 0.6 is 0 Å². The lowest BCUT2D eigenvalue weighted by Gasteiger charge is -2.41. The van der Waals surface area contributed by atoms with E-state index in [4.69, 9.17) is 4.74 Å². The molecule has 114 valence electrons. The van der Waals surface area contributed by atoms with Crippen molar-refractivity contribution in [3.63, 3.8) is 0 Å². The Morgan fingerprint density at radius 2 is 2.00 bits per heavy atom. The highest BCUT2D eigenvalue weighted by atomic mass is 16.5. The first-order chi connectivity index (χ1) is 9.24. The molecule has 0 bridgehead atoms. The molecular weight excluding hydrogens is 252 g/mol. The van der Waals surface area contributed by atoms with E-state index in [1.54, 1.807) is 0 Å². The molecule has 0 radical (unpaired) electrons. The molecule has 0 spiro atoms. The van der Waals surface area contributed by atoms with Crippen molar-refractivity contribution < 1.29 is 14.6 Å². The zero-order valence-electron chi connectivity index (χ0n) is 13.3. The Kier molecular flexibility index (Phi) is 3.20. The van der Waals surface area contributed by atoms with Crippen LogP contribution in [0.4, 0.5) is 0 Å². The molecule has 0 aromatic rings. The molecule has 0 aromatic heterocycles. The van der Waals surface area contributed by atoms with Crippen molar-refractivity contribution in [1.29, 1.82) is 0 Å². The van der Waals surface area contributed by atoms with E-state index in [0.29, 0.717) is 23.7 Å². The highest BCUT2D eigenvalue weighted by Crippen LogP contribution is 2.69. The molecule has 3 fully saturated rings. The first-order valence-corrected chi connectivity index (χ1v) is 8.13. The van der Waals surface area contributed by atoms with Crippen LogP contribution < -0.4 is 0 Å². The standard InChI is InChI=1S/C17H28O3/c1-8(2)13-11-7-17(5,19)16-12(20-10(4)18)6-9(3)14(16)15(11)13/h8-9,11-16,19H,6-7H2,1-5H3. The van der Waals surface area contributed by atoms with Crippen LogP contribution in [0.1, 0.15) is 47.5 Å². The number of rotatable bonds is 2. The number of esters is 1. The van der Waals surface area contributed by atoms with Crippen molar-refractivity contribution in [2.24, 2.45) is 41.4 Å². The molecule has 3 aliphatic carbocycles. The molecule has 3 nitrogen and oxygen atoms in total. The molecular formula is C17H28O3. The van der Waals surface area contributed by atoms with Gasteiger partial charge in [-0.3, -0.25) is 4.79 Å². The van der Waals surface area contributed by atoms with Crippen LogP contribution in [0.15, 0.2) is 0 Å². The van der Waals surface area contributed by atoms with Crippen LogP contribution in [0.2, 0.25) is 0 Å². The van der Waals surface area contributed by atoms with E-state index in [1.165, 1.54) is 6.92 Å². The molecule has 8 unspecified atom stereocenters. The quantitative estimate of drug-likeness (QED) is 0.791. The van der Waals surface area contributed by atoms with Gasteiger partial charge in [0.2, 0.25) is 0 Å². The molecule has 0 heterocycles. The van der Waals surface area contributed by atoms with E-state index in [-0.39, 0.29) is 18.0 Å². The molecule has 0 amide bonds. The molecule has 0 aliphatic heterocycles. The first-order valence-electron chi connectivity index (χ1n) is 8.13. The number of fused-ring (bicyclic) bond motifs is 3. The molecule has 3 rings (SSSR count). The summed E-state index contributed by atoms with van der Waals surface area (Å²) in [5.41, 5.74) is -0.680. The fourth-order valence-corrected chi connectivity index (χ4v) is 5.83. The second-order valence-electron chi connectivity index (χ2n) is 8.09. The summed E-state index contributed by atoms with van der Waals surface area (Å²) in [7, 11) is 0. The maximum absolute atomic E-state index is 11.4. The third kappa shape index (κ3) is 2.01. The van der Waals surface area contributed by atoms with Gasteiger partial charge in [0.25, 0.3) is 0 Å². The SMILES string of the molecule is CC(=O)OC1CC(C)C2C3C(CC(C)(O)C12)C3C(C)C. The van der Waals surface area contributed by atoms with Crippen LogP contribution in [0.5, 0.6) is 0 Å². The van der Waals surface area contributed by atoms with Crippen molar-refractivity contribution in [3.05, 3.63) is 0 Å². The second kappa shape index (κ2) is 4.46. The fourth-order valence-electron chi connectivity index (χ4n) is 5.83. The number of hydrogen-bond acceptors (Lipinski definition) is 3. The lowest BCUT2D eigenvalue weighted by Crippen LogP contribution is -2.47. The zero-order chi connectivity index (χ0) is 14.8. The maximum atomic E-state index is 11.4. The number of aliphatic hydroxyl groups is 1. The molecule has 8 atom stereocenters. The fraction of sp³-hybridized carbons (Fsp3) is 0.941. The first kappa shape index (κ1) is 14.4. The maximum Gasteiger partial charge on any atom is 0.302 e. The highest BCUT2D eigenvalue weighted by Gasteiger charge is 2.68. The van der Waals surface area contributed by atoms with Crippen LogP contribution in [0.25, 0.3) is 0 Å². The van der Waals surface area contributed by atoms with Gasteiger partial charge >= 0.3 is 5.97 Å². The number of carbonyl (C=O) groups is 1. The van der Waals surface area contributed by atoms with Gasteiger partial charge in [-0.2, -0.15) is 0 Å². The Hall–Kier alpha value is -0.570. The van der Waals surface area contributed by atoms with Gasteiger partial charge in [0, 0.05) is 12.8 Å². The van der Waals surface area contributed by atoms with Crippen molar-refractivity contribution >= 4 is 5.97 Å². The van der Waals surface area contributed by atoms with Gasteiger partial charge in [-0.05, 0) is 55.3 Å². The molecule has 3 heteroatoms. The van der Waals surface area contributed by atoms with Gasteiger partial charge in [0.1, 0.15) is 6.10 Å². The van der Waals surface area contributed by atoms with Gasteiger partial charge in [-0.15, -0.1) is 0 Å². The average molecular weight is 280 g/mol. The van der Waals surface area contributed by atoms with E-state index in [2.05, 4.69) is 20.8 Å². The van der Waals surface area contributed by atoms with Gasteiger partial charge in [0.15, 0.2) is 0 Å². The minimum Gasteiger partial charge on any atom is -0.462 e. The second-order valence-corrected chi connectivity index (χ2v) is 8.09. The minimum absolute atomic E-state index is 0.0862. The third-order valence-electron chi connectivity index (χ3n) is 6.27. The molecule has 3 aliphatic rings. The summed E-state index contributed by atoms with van der Waals surface area (Å²) in [5, 5.41) is 11.0. The van der Waals surface area contributed by atoms with E-state index < -0.39 is 5.60 Å². The predicted octanol–water partition coefficient (Wildman–Crippen LogP) is 2.86. The summed E-state index contributed by atoms with van der Waals surface area (Å²) in [6.07, 6.45) is 1.71. The van der Waals surface area contributed by atoms with E-state index in [0.717, 1.165) is 24.7 Å².